The van der Waals surface area contributed by atoms with Gasteiger partial charge in [0.05, 0.1) is 6.10 Å². The highest BCUT2D eigenvalue weighted by Crippen LogP contribution is 2.38. The maximum absolute atomic E-state index is 5.61. The fourth-order valence-electron chi connectivity index (χ4n) is 2.64. The van der Waals surface area contributed by atoms with Crippen LogP contribution in [0.1, 0.15) is 23.3 Å². The molecule has 0 spiro atoms. The Hall–Kier alpha value is -1.29. The van der Waals surface area contributed by atoms with E-state index in [2.05, 4.69) is 39.3 Å². The molecule has 1 fully saturated rings. The Bertz CT molecular complexity index is 856. The summed E-state index contributed by atoms with van der Waals surface area (Å²) in [5, 5.41) is 14.7. The lowest BCUT2D eigenvalue weighted by molar-refractivity contribution is 0.120. The number of nitrogens with zero attached hydrogens (tertiary/aromatic N) is 4. The lowest BCUT2D eigenvalue weighted by Gasteiger charge is -2.08. The third-order valence-electron chi connectivity index (χ3n) is 4.03. The van der Waals surface area contributed by atoms with Gasteiger partial charge >= 0.3 is 0 Å². The van der Waals surface area contributed by atoms with Crippen LogP contribution >= 0.6 is 34.4 Å². The zero-order valence-electron chi connectivity index (χ0n) is 13.4. The fourth-order valence-corrected chi connectivity index (χ4v) is 5.52. The van der Waals surface area contributed by atoms with Gasteiger partial charge in [0, 0.05) is 23.4 Å². The summed E-state index contributed by atoms with van der Waals surface area (Å²) in [4.78, 5) is 11.1. The van der Waals surface area contributed by atoms with Crippen LogP contribution in [-0.4, -0.2) is 39.4 Å². The van der Waals surface area contributed by atoms with E-state index >= 15 is 0 Å². The van der Waals surface area contributed by atoms with Gasteiger partial charge in [-0.15, -0.1) is 21.5 Å². The van der Waals surface area contributed by atoms with E-state index in [-0.39, 0.29) is 0 Å². The van der Waals surface area contributed by atoms with Gasteiger partial charge in [0.25, 0.3) is 0 Å². The number of hydrogen-bond acceptors (Lipinski definition) is 9. The normalized spacial score (nSPS) is 17.7. The number of aromatic nitrogens is 4. The molecule has 0 amide bonds. The lowest BCUT2D eigenvalue weighted by Crippen LogP contribution is -2.18. The molecule has 1 unspecified atom stereocenters. The van der Waals surface area contributed by atoms with Crippen molar-refractivity contribution in [3.05, 3.63) is 16.8 Å². The molecule has 1 aliphatic heterocycles. The minimum atomic E-state index is 0.294. The van der Waals surface area contributed by atoms with Gasteiger partial charge in [0.2, 0.25) is 5.13 Å². The van der Waals surface area contributed by atoms with Crippen molar-refractivity contribution in [2.45, 2.75) is 42.2 Å². The summed E-state index contributed by atoms with van der Waals surface area (Å²) in [5.41, 5.74) is 1.25. The minimum Gasteiger partial charge on any atom is -0.376 e. The van der Waals surface area contributed by atoms with Crippen LogP contribution in [0.25, 0.3) is 10.2 Å². The Morgan fingerprint density at radius 1 is 1.29 bits per heavy atom. The molecule has 4 heterocycles. The predicted molar refractivity (Wildman–Crippen MR) is 98.4 cm³/mol. The average Bonchev–Trinajstić information content (AvgIpc) is 3.28. The smallest absolute Gasteiger partial charge is 0.206 e. The summed E-state index contributed by atoms with van der Waals surface area (Å²) in [7, 11) is 0. The van der Waals surface area contributed by atoms with Crippen molar-refractivity contribution in [3.8, 4) is 0 Å². The first-order valence-corrected chi connectivity index (χ1v) is 10.2. The Morgan fingerprint density at radius 3 is 3.04 bits per heavy atom. The molecule has 0 aliphatic carbocycles. The Labute approximate surface area is 152 Å². The lowest BCUT2D eigenvalue weighted by atomic mass is 10.2. The first-order chi connectivity index (χ1) is 11.7. The molecule has 126 valence electrons. The van der Waals surface area contributed by atoms with Gasteiger partial charge in [-0.05, 0) is 44.0 Å². The van der Waals surface area contributed by atoms with Crippen molar-refractivity contribution < 1.29 is 4.74 Å². The Balaban J connectivity index is 1.49. The molecule has 0 aromatic carbocycles. The van der Waals surface area contributed by atoms with Crippen LogP contribution in [0.4, 0.5) is 5.13 Å². The third kappa shape index (κ3) is 3.26. The zero-order chi connectivity index (χ0) is 16.5. The summed E-state index contributed by atoms with van der Waals surface area (Å²) >= 11 is 4.81. The maximum Gasteiger partial charge on any atom is 0.206 e. The second-order valence-electron chi connectivity index (χ2n) is 5.63. The van der Waals surface area contributed by atoms with Crippen molar-refractivity contribution in [3.63, 3.8) is 0 Å². The molecule has 1 N–H and O–H groups in total. The minimum absolute atomic E-state index is 0.294. The van der Waals surface area contributed by atoms with Crippen molar-refractivity contribution >= 4 is 49.8 Å². The first kappa shape index (κ1) is 16.2. The highest BCUT2D eigenvalue weighted by Gasteiger charge is 2.17. The van der Waals surface area contributed by atoms with Crippen LogP contribution in [0.2, 0.25) is 0 Å². The number of ether oxygens (including phenoxy) is 1. The molecule has 1 saturated heterocycles. The molecule has 1 aliphatic rings. The van der Waals surface area contributed by atoms with Crippen LogP contribution in [-0.2, 0) is 4.74 Å². The topological polar surface area (TPSA) is 72.8 Å². The molecule has 6 nitrogen and oxygen atoms in total. The van der Waals surface area contributed by atoms with Crippen molar-refractivity contribution in [2.24, 2.45) is 0 Å². The SMILES string of the molecule is Cc1sc2ncnc(Sc3nnc(NCC4CCCO4)s3)c2c1C. The number of anilines is 1. The second-order valence-corrected chi connectivity index (χ2v) is 9.05. The molecule has 3 aromatic rings. The highest BCUT2D eigenvalue weighted by molar-refractivity contribution is 8.01. The van der Waals surface area contributed by atoms with Crippen LogP contribution in [0, 0.1) is 13.8 Å². The largest absolute Gasteiger partial charge is 0.376 e. The summed E-state index contributed by atoms with van der Waals surface area (Å²) in [6.45, 7) is 5.90. The van der Waals surface area contributed by atoms with Crippen LogP contribution in [0.15, 0.2) is 15.7 Å². The third-order valence-corrected chi connectivity index (χ3v) is 7.08. The number of hydrogen-bond donors (Lipinski definition) is 1. The number of rotatable bonds is 5. The van der Waals surface area contributed by atoms with Crippen molar-refractivity contribution in [2.75, 3.05) is 18.5 Å². The van der Waals surface area contributed by atoms with Crippen LogP contribution < -0.4 is 5.32 Å². The first-order valence-electron chi connectivity index (χ1n) is 7.78. The number of thiophene rings is 1. The zero-order valence-corrected chi connectivity index (χ0v) is 15.9. The van der Waals surface area contributed by atoms with E-state index in [4.69, 9.17) is 4.74 Å². The summed E-state index contributed by atoms with van der Waals surface area (Å²) in [5.74, 6) is 0. The monoisotopic (exact) mass is 379 g/mol. The van der Waals surface area contributed by atoms with E-state index in [0.717, 1.165) is 50.7 Å². The van der Waals surface area contributed by atoms with Gasteiger partial charge in [-0.1, -0.05) is 11.3 Å². The molecule has 3 aromatic heterocycles. The van der Waals surface area contributed by atoms with Crippen LogP contribution in [0.5, 0.6) is 0 Å². The average molecular weight is 380 g/mol. The Morgan fingerprint density at radius 2 is 2.21 bits per heavy atom. The number of aryl methyl sites for hydroxylation is 2. The molecular formula is C15H17N5OS3. The quantitative estimate of drug-likeness (QED) is 0.674. The van der Waals surface area contributed by atoms with Gasteiger partial charge in [0.15, 0.2) is 4.34 Å². The summed E-state index contributed by atoms with van der Waals surface area (Å²) in [6, 6.07) is 0. The van der Waals surface area contributed by atoms with Crippen molar-refractivity contribution in [1.82, 2.24) is 20.2 Å². The van der Waals surface area contributed by atoms with E-state index in [1.807, 2.05) is 0 Å². The Kier molecular flexibility index (Phi) is 4.66. The number of fused-ring (bicyclic) bond motifs is 1. The van der Waals surface area contributed by atoms with Gasteiger partial charge in [0.1, 0.15) is 16.2 Å². The molecule has 9 heteroatoms. The fraction of sp³-hybridized carbons (Fsp3) is 0.467. The van der Waals surface area contributed by atoms with E-state index in [9.17, 15) is 0 Å². The summed E-state index contributed by atoms with van der Waals surface area (Å²) < 4.78 is 6.50. The highest BCUT2D eigenvalue weighted by atomic mass is 32.2. The molecule has 0 saturated carbocycles. The number of nitrogens with one attached hydrogen (secondary N) is 1. The maximum atomic E-state index is 5.61. The van der Waals surface area contributed by atoms with E-state index in [1.165, 1.54) is 10.4 Å². The molecule has 0 bridgehead atoms. The van der Waals surface area contributed by atoms with E-state index in [0.29, 0.717) is 6.10 Å². The molecule has 0 radical (unpaired) electrons. The van der Waals surface area contributed by atoms with Crippen LogP contribution in [0.3, 0.4) is 0 Å². The summed E-state index contributed by atoms with van der Waals surface area (Å²) in [6.07, 6.45) is 4.18. The molecule has 4 rings (SSSR count). The van der Waals surface area contributed by atoms with Crippen molar-refractivity contribution in [1.29, 1.82) is 0 Å². The van der Waals surface area contributed by atoms with E-state index in [1.54, 1.807) is 40.8 Å². The standard InChI is InChI=1S/C15H17N5OS3/c1-8-9(2)22-12-11(8)13(18-7-17-12)23-15-20-19-14(24-15)16-6-10-4-3-5-21-10/h7,10H,3-6H2,1-2H3,(H,16,19). The molecule has 24 heavy (non-hydrogen) atoms. The molecular weight excluding hydrogens is 362 g/mol. The second kappa shape index (κ2) is 6.91. The van der Waals surface area contributed by atoms with E-state index < -0.39 is 0 Å². The van der Waals surface area contributed by atoms with Gasteiger partial charge < -0.3 is 10.1 Å². The van der Waals surface area contributed by atoms with Gasteiger partial charge in [-0.25, -0.2) is 9.97 Å². The predicted octanol–water partition coefficient (Wildman–Crippen LogP) is 3.90. The van der Waals surface area contributed by atoms with Gasteiger partial charge in [-0.2, -0.15) is 0 Å². The molecule has 1 atom stereocenters. The van der Waals surface area contributed by atoms with Gasteiger partial charge in [-0.3, -0.25) is 0 Å².